The van der Waals surface area contributed by atoms with E-state index in [4.69, 9.17) is 5.11 Å². The topological polar surface area (TPSA) is 55.1 Å². The zero-order valence-electron chi connectivity index (χ0n) is 10.9. The molecule has 102 valence electrons. The molecule has 0 fully saturated rings. The first-order valence-corrected chi connectivity index (χ1v) is 7.79. The van der Waals surface area contributed by atoms with E-state index in [0.717, 1.165) is 11.6 Å². The number of aryl methyl sites for hydroxylation is 1. The predicted octanol–water partition coefficient (Wildman–Crippen LogP) is 3.23. The number of nitrogens with zero attached hydrogens (tertiary/aromatic N) is 2. The molecule has 2 rings (SSSR count). The maximum absolute atomic E-state index is 10.6. The summed E-state index contributed by atoms with van der Waals surface area (Å²) in [5, 5.41) is 9.49. The van der Waals surface area contributed by atoms with Crippen LogP contribution in [-0.4, -0.2) is 26.4 Å². The second-order valence-electron chi connectivity index (χ2n) is 4.37. The van der Waals surface area contributed by atoms with Crippen LogP contribution in [0.3, 0.4) is 0 Å². The van der Waals surface area contributed by atoms with Crippen molar-refractivity contribution in [2.24, 2.45) is 0 Å². The van der Waals surface area contributed by atoms with Crippen LogP contribution in [0, 0.1) is 6.92 Å². The highest BCUT2D eigenvalue weighted by Crippen LogP contribution is 2.25. The SMILES string of the molecule is Cc1ccc(CC(C)n2ccnc2SCC(=O)O)s1. The van der Waals surface area contributed by atoms with Crippen LogP contribution in [0.2, 0.25) is 0 Å². The fourth-order valence-corrected chi connectivity index (χ4v) is 3.65. The lowest BCUT2D eigenvalue weighted by molar-refractivity contribution is -0.133. The molecule has 19 heavy (non-hydrogen) atoms. The lowest BCUT2D eigenvalue weighted by Gasteiger charge is -2.14. The second-order valence-corrected chi connectivity index (χ2v) is 6.68. The first-order valence-electron chi connectivity index (χ1n) is 5.99. The Bertz CT molecular complexity index is 562. The molecule has 1 atom stereocenters. The number of thioether (sulfide) groups is 1. The Morgan fingerprint density at radius 3 is 3.00 bits per heavy atom. The third kappa shape index (κ3) is 3.84. The molecule has 0 aromatic carbocycles. The van der Waals surface area contributed by atoms with Crippen LogP contribution in [0.15, 0.2) is 29.7 Å². The van der Waals surface area contributed by atoms with Crippen molar-refractivity contribution in [2.45, 2.75) is 31.5 Å². The van der Waals surface area contributed by atoms with E-state index >= 15 is 0 Å². The van der Waals surface area contributed by atoms with Crippen molar-refractivity contribution >= 4 is 29.1 Å². The minimum atomic E-state index is -0.818. The zero-order chi connectivity index (χ0) is 13.8. The summed E-state index contributed by atoms with van der Waals surface area (Å²) < 4.78 is 2.04. The largest absolute Gasteiger partial charge is 0.481 e. The minimum absolute atomic E-state index is 0.0435. The number of thiophene rings is 1. The molecule has 0 aliphatic heterocycles. The summed E-state index contributed by atoms with van der Waals surface area (Å²) in [6.07, 6.45) is 4.57. The molecule has 2 aromatic heterocycles. The van der Waals surface area contributed by atoms with Crippen molar-refractivity contribution in [1.82, 2.24) is 9.55 Å². The maximum atomic E-state index is 10.6. The van der Waals surface area contributed by atoms with Gasteiger partial charge in [0.1, 0.15) is 0 Å². The van der Waals surface area contributed by atoms with E-state index in [-0.39, 0.29) is 11.8 Å². The Morgan fingerprint density at radius 2 is 2.37 bits per heavy atom. The number of carbonyl (C=O) groups is 1. The molecule has 0 aliphatic carbocycles. The number of aromatic nitrogens is 2. The molecular weight excluding hydrogens is 280 g/mol. The van der Waals surface area contributed by atoms with Crippen molar-refractivity contribution < 1.29 is 9.90 Å². The number of carboxylic acids is 1. The highest BCUT2D eigenvalue weighted by Gasteiger charge is 2.13. The van der Waals surface area contributed by atoms with Crippen LogP contribution >= 0.6 is 23.1 Å². The quantitative estimate of drug-likeness (QED) is 0.832. The first kappa shape index (κ1) is 14.1. The standard InChI is InChI=1S/C13H16N2O2S2/c1-9(7-11-4-3-10(2)19-11)15-6-5-14-13(15)18-8-12(16)17/h3-6,9H,7-8H2,1-2H3,(H,16,17). The summed E-state index contributed by atoms with van der Waals surface area (Å²) in [5.41, 5.74) is 0. The fraction of sp³-hybridized carbons (Fsp3) is 0.385. The molecule has 0 amide bonds. The van der Waals surface area contributed by atoms with Crippen molar-refractivity contribution in [3.8, 4) is 0 Å². The van der Waals surface area contributed by atoms with Crippen molar-refractivity contribution in [2.75, 3.05) is 5.75 Å². The lowest BCUT2D eigenvalue weighted by Crippen LogP contribution is -2.09. The summed E-state index contributed by atoms with van der Waals surface area (Å²) in [5.74, 6) is -0.775. The van der Waals surface area contributed by atoms with Crippen LogP contribution < -0.4 is 0 Å². The third-order valence-corrected chi connectivity index (χ3v) is 4.71. The summed E-state index contributed by atoms with van der Waals surface area (Å²) in [6.45, 7) is 4.23. The molecule has 0 spiro atoms. The van der Waals surface area contributed by atoms with Gasteiger partial charge < -0.3 is 9.67 Å². The second kappa shape index (κ2) is 6.25. The van der Waals surface area contributed by atoms with E-state index in [0.29, 0.717) is 0 Å². The van der Waals surface area contributed by atoms with Crippen molar-refractivity contribution in [3.05, 3.63) is 34.3 Å². The van der Waals surface area contributed by atoms with Gasteiger partial charge in [0.15, 0.2) is 5.16 Å². The summed E-state index contributed by atoms with van der Waals surface area (Å²) in [6, 6.07) is 4.55. The minimum Gasteiger partial charge on any atom is -0.481 e. The van der Waals surface area contributed by atoms with E-state index in [1.165, 1.54) is 21.5 Å². The van der Waals surface area contributed by atoms with Gasteiger partial charge in [-0.3, -0.25) is 4.79 Å². The molecule has 1 N–H and O–H groups in total. The van der Waals surface area contributed by atoms with Gasteiger partial charge in [-0.2, -0.15) is 0 Å². The summed E-state index contributed by atoms with van der Waals surface area (Å²) in [4.78, 5) is 17.5. The van der Waals surface area contributed by atoms with E-state index in [2.05, 4.69) is 31.0 Å². The normalized spacial score (nSPS) is 12.5. The average Bonchev–Trinajstić information content (AvgIpc) is 2.95. The van der Waals surface area contributed by atoms with Crippen LogP contribution in [0.25, 0.3) is 0 Å². The summed E-state index contributed by atoms with van der Waals surface area (Å²) >= 11 is 3.06. The first-order chi connectivity index (χ1) is 9.06. The summed E-state index contributed by atoms with van der Waals surface area (Å²) in [7, 11) is 0. The van der Waals surface area contributed by atoms with Crippen LogP contribution in [-0.2, 0) is 11.2 Å². The highest BCUT2D eigenvalue weighted by molar-refractivity contribution is 7.99. The van der Waals surface area contributed by atoms with E-state index < -0.39 is 5.97 Å². The highest BCUT2D eigenvalue weighted by atomic mass is 32.2. The van der Waals surface area contributed by atoms with Gasteiger partial charge >= 0.3 is 5.97 Å². The van der Waals surface area contributed by atoms with Gasteiger partial charge in [-0.05, 0) is 26.0 Å². The Kier molecular flexibility index (Phi) is 4.66. The number of aliphatic carboxylic acids is 1. The average molecular weight is 296 g/mol. The smallest absolute Gasteiger partial charge is 0.313 e. The third-order valence-electron chi connectivity index (χ3n) is 2.73. The molecule has 2 heterocycles. The number of imidazole rings is 1. The predicted molar refractivity (Wildman–Crippen MR) is 78.1 cm³/mol. The lowest BCUT2D eigenvalue weighted by atomic mass is 10.2. The Morgan fingerprint density at radius 1 is 1.58 bits per heavy atom. The van der Waals surface area contributed by atoms with Crippen LogP contribution in [0.1, 0.15) is 22.7 Å². The van der Waals surface area contributed by atoms with Gasteiger partial charge in [-0.1, -0.05) is 11.8 Å². The van der Waals surface area contributed by atoms with Gasteiger partial charge in [0.05, 0.1) is 5.75 Å². The van der Waals surface area contributed by atoms with E-state index in [1.54, 1.807) is 17.5 Å². The molecular formula is C13H16N2O2S2. The molecule has 1 unspecified atom stereocenters. The van der Waals surface area contributed by atoms with Gasteiger partial charge in [0, 0.05) is 34.6 Å². The Balaban J connectivity index is 2.04. The molecule has 0 bridgehead atoms. The molecule has 6 heteroatoms. The van der Waals surface area contributed by atoms with E-state index in [1.807, 2.05) is 10.8 Å². The van der Waals surface area contributed by atoms with Gasteiger partial charge in [0.2, 0.25) is 0 Å². The molecule has 0 saturated carbocycles. The molecule has 0 radical (unpaired) electrons. The Hall–Kier alpha value is -1.27. The molecule has 0 aliphatic rings. The molecule has 0 saturated heterocycles. The van der Waals surface area contributed by atoms with Gasteiger partial charge in [-0.15, -0.1) is 11.3 Å². The number of rotatable bonds is 6. The van der Waals surface area contributed by atoms with Gasteiger partial charge in [-0.25, -0.2) is 4.98 Å². The van der Waals surface area contributed by atoms with Crippen molar-refractivity contribution in [3.63, 3.8) is 0 Å². The monoisotopic (exact) mass is 296 g/mol. The number of hydrogen-bond acceptors (Lipinski definition) is 4. The van der Waals surface area contributed by atoms with Crippen molar-refractivity contribution in [1.29, 1.82) is 0 Å². The fourth-order valence-electron chi connectivity index (χ4n) is 1.86. The maximum Gasteiger partial charge on any atom is 0.313 e. The molecule has 4 nitrogen and oxygen atoms in total. The number of hydrogen-bond donors (Lipinski definition) is 1. The molecule has 2 aromatic rings. The van der Waals surface area contributed by atoms with Crippen LogP contribution in [0.4, 0.5) is 0 Å². The Labute approximate surface area is 120 Å². The van der Waals surface area contributed by atoms with Gasteiger partial charge in [0.25, 0.3) is 0 Å². The number of carboxylic acid groups (broad SMARTS) is 1. The van der Waals surface area contributed by atoms with Crippen LogP contribution in [0.5, 0.6) is 0 Å². The zero-order valence-corrected chi connectivity index (χ0v) is 12.5. The van der Waals surface area contributed by atoms with E-state index in [9.17, 15) is 4.79 Å².